The van der Waals surface area contributed by atoms with Crippen LogP contribution >= 0.6 is 10.8 Å². The van der Waals surface area contributed by atoms with Gasteiger partial charge in [-0.1, -0.05) is 20.8 Å². The maximum Gasteiger partial charge on any atom is 0.149 e. The van der Waals surface area contributed by atoms with E-state index in [2.05, 4.69) is 0 Å². The van der Waals surface area contributed by atoms with Crippen LogP contribution in [-0.4, -0.2) is 29.9 Å². The molecule has 0 aromatic carbocycles. The molecule has 0 saturated heterocycles. The summed E-state index contributed by atoms with van der Waals surface area (Å²) in [6.45, 7) is 5.81. The summed E-state index contributed by atoms with van der Waals surface area (Å²) in [4.78, 5) is 0. The van der Waals surface area contributed by atoms with Crippen LogP contribution in [0.15, 0.2) is 0 Å². The van der Waals surface area contributed by atoms with E-state index in [4.69, 9.17) is 0 Å². The van der Waals surface area contributed by atoms with E-state index in [9.17, 15) is 18.1 Å². The lowest BCUT2D eigenvalue weighted by Gasteiger charge is -2.22. The summed E-state index contributed by atoms with van der Waals surface area (Å²) in [6, 6.07) is 0. The molecule has 0 aliphatic heterocycles. The second kappa shape index (κ2) is 4.63. The standard InChI is InChI=1S/C7H16O4S2/c1-7(2,3)4-6(8)5-12-13(9,10)11/h6,8H,4-5H2,1-3H3,(H,9,10,11)/p-1. The Bertz CT molecular complexity index is 240. The average Bonchev–Trinajstić information content (AvgIpc) is 1.78. The zero-order chi connectivity index (χ0) is 10.7. The number of hydrogen-bond acceptors (Lipinski definition) is 5. The molecule has 0 radical (unpaired) electrons. The summed E-state index contributed by atoms with van der Waals surface area (Å²) >= 11 is 0. The van der Waals surface area contributed by atoms with E-state index < -0.39 is 15.3 Å². The van der Waals surface area contributed by atoms with Gasteiger partial charge in [0.1, 0.15) is 9.15 Å². The minimum absolute atomic E-state index is 0.0525. The molecule has 0 aromatic heterocycles. The van der Waals surface area contributed by atoms with Gasteiger partial charge >= 0.3 is 0 Å². The van der Waals surface area contributed by atoms with Gasteiger partial charge in [-0.3, -0.25) is 0 Å². The maximum atomic E-state index is 10.2. The van der Waals surface area contributed by atoms with E-state index in [1.54, 1.807) is 0 Å². The van der Waals surface area contributed by atoms with Crippen LogP contribution in [0.25, 0.3) is 0 Å². The van der Waals surface area contributed by atoms with Crippen molar-refractivity contribution in [1.82, 2.24) is 0 Å². The molecule has 0 bridgehead atoms. The molecule has 0 spiro atoms. The highest BCUT2D eigenvalue weighted by atomic mass is 33.1. The molecule has 13 heavy (non-hydrogen) atoms. The summed E-state index contributed by atoms with van der Waals surface area (Å²) in [5.74, 6) is -0.0525. The Kier molecular flexibility index (Phi) is 4.71. The summed E-state index contributed by atoms with van der Waals surface area (Å²) < 4.78 is 30.6. The Balaban J connectivity index is 3.84. The number of rotatable bonds is 4. The minimum atomic E-state index is -4.27. The van der Waals surface area contributed by atoms with Crippen LogP contribution in [0.4, 0.5) is 0 Å². The van der Waals surface area contributed by atoms with Gasteiger partial charge in [0.05, 0.1) is 6.10 Å². The lowest BCUT2D eigenvalue weighted by Crippen LogP contribution is -2.20. The van der Waals surface area contributed by atoms with Crippen LogP contribution in [0, 0.1) is 5.41 Å². The van der Waals surface area contributed by atoms with Crippen molar-refractivity contribution < 1.29 is 18.1 Å². The van der Waals surface area contributed by atoms with Gasteiger partial charge in [0.2, 0.25) is 0 Å². The van der Waals surface area contributed by atoms with E-state index in [0.29, 0.717) is 6.42 Å². The van der Waals surface area contributed by atoms with Gasteiger partial charge in [-0.25, -0.2) is 8.42 Å². The quantitative estimate of drug-likeness (QED) is 0.572. The molecule has 0 saturated carbocycles. The molecule has 0 aromatic rings. The van der Waals surface area contributed by atoms with Gasteiger partial charge in [0, 0.05) is 5.75 Å². The van der Waals surface area contributed by atoms with Crippen LogP contribution in [0.1, 0.15) is 27.2 Å². The van der Waals surface area contributed by atoms with Gasteiger partial charge in [-0.2, -0.15) is 0 Å². The Hall–Kier alpha value is 0.220. The number of aliphatic hydroxyl groups excluding tert-OH is 1. The first-order chi connectivity index (χ1) is 5.60. The van der Waals surface area contributed by atoms with E-state index in [0.717, 1.165) is 0 Å². The Labute approximate surface area is 82.9 Å². The normalized spacial score (nSPS) is 15.8. The van der Waals surface area contributed by atoms with Crippen molar-refractivity contribution in [2.75, 3.05) is 5.75 Å². The summed E-state index contributed by atoms with van der Waals surface area (Å²) in [5, 5.41) is 9.32. The van der Waals surface area contributed by atoms with Gasteiger partial charge in [-0.05, 0) is 22.6 Å². The monoisotopic (exact) mass is 227 g/mol. The summed E-state index contributed by atoms with van der Waals surface area (Å²) in [6.07, 6.45) is -0.260. The van der Waals surface area contributed by atoms with Crippen molar-refractivity contribution in [2.45, 2.75) is 33.3 Å². The molecule has 1 unspecified atom stereocenters. The molecule has 4 nitrogen and oxygen atoms in total. The smallest absolute Gasteiger partial charge is 0.149 e. The fourth-order valence-corrected chi connectivity index (χ4v) is 2.34. The third-order valence-corrected chi connectivity index (χ3v) is 3.34. The van der Waals surface area contributed by atoms with E-state index in [1.807, 2.05) is 20.8 Å². The molecule has 0 aliphatic rings. The van der Waals surface area contributed by atoms with Crippen LogP contribution in [-0.2, 0) is 9.15 Å². The molecular formula is C7H15O4S2-. The van der Waals surface area contributed by atoms with Crippen LogP contribution in [0.3, 0.4) is 0 Å². The number of hydrogen-bond donors (Lipinski definition) is 1. The van der Waals surface area contributed by atoms with Gasteiger partial charge in [0.25, 0.3) is 0 Å². The Morgan fingerprint density at radius 3 is 2.23 bits per heavy atom. The van der Waals surface area contributed by atoms with Crippen molar-refractivity contribution in [3.05, 3.63) is 0 Å². The van der Waals surface area contributed by atoms with Crippen LogP contribution < -0.4 is 0 Å². The lowest BCUT2D eigenvalue weighted by atomic mass is 9.90. The first-order valence-electron chi connectivity index (χ1n) is 3.88. The van der Waals surface area contributed by atoms with E-state index in [-0.39, 0.29) is 22.0 Å². The maximum absolute atomic E-state index is 10.2. The molecule has 6 heteroatoms. The highest BCUT2D eigenvalue weighted by Crippen LogP contribution is 2.23. The first kappa shape index (κ1) is 13.2. The van der Waals surface area contributed by atoms with Crippen molar-refractivity contribution in [1.29, 1.82) is 0 Å². The van der Waals surface area contributed by atoms with Crippen molar-refractivity contribution in [3.8, 4) is 0 Å². The topological polar surface area (TPSA) is 77.4 Å². The highest BCUT2D eigenvalue weighted by molar-refractivity contribution is 8.69. The largest absolute Gasteiger partial charge is 0.739 e. The minimum Gasteiger partial charge on any atom is -0.739 e. The molecular weight excluding hydrogens is 212 g/mol. The van der Waals surface area contributed by atoms with Gasteiger partial charge in [0.15, 0.2) is 0 Å². The zero-order valence-corrected chi connectivity index (χ0v) is 9.61. The molecule has 0 amide bonds. The molecule has 1 N–H and O–H groups in total. The SMILES string of the molecule is CC(C)(C)CC(O)CSS(=O)(=O)[O-]. The third-order valence-electron chi connectivity index (χ3n) is 1.25. The molecule has 0 heterocycles. The van der Waals surface area contributed by atoms with E-state index >= 15 is 0 Å². The van der Waals surface area contributed by atoms with Crippen LogP contribution in [0.2, 0.25) is 0 Å². The second-order valence-electron chi connectivity index (χ2n) is 4.11. The summed E-state index contributed by atoms with van der Waals surface area (Å²) in [5.41, 5.74) is -0.0629. The molecule has 0 rings (SSSR count). The predicted octanol–water partition coefficient (Wildman–Crippen LogP) is 0.977. The predicted molar refractivity (Wildman–Crippen MR) is 52.2 cm³/mol. The summed E-state index contributed by atoms with van der Waals surface area (Å²) in [7, 11) is -4.02. The van der Waals surface area contributed by atoms with Crippen molar-refractivity contribution in [3.63, 3.8) is 0 Å². The van der Waals surface area contributed by atoms with Crippen molar-refractivity contribution in [2.24, 2.45) is 5.41 Å². The van der Waals surface area contributed by atoms with Gasteiger partial charge in [-0.15, -0.1) is 0 Å². The number of aliphatic hydroxyl groups is 1. The molecule has 0 aliphatic carbocycles. The second-order valence-corrected chi connectivity index (χ2v) is 7.43. The Morgan fingerprint density at radius 1 is 1.46 bits per heavy atom. The lowest BCUT2D eigenvalue weighted by molar-refractivity contribution is 0.142. The molecule has 1 atom stereocenters. The van der Waals surface area contributed by atoms with Gasteiger partial charge < -0.3 is 9.66 Å². The first-order valence-corrected chi connectivity index (χ1v) is 6.79. The Morgan fingerprint density at radius 2 is 1.92 bits per heavy atom. The molecule has 80 valence electrons. The van der Waals surface area contributed by atoms with E-state index in [1.165, 1.54) is 0 Å². The third kappa shape index (κ3) is 10.1. The fourth-order valence-electron chi connectivity index (χ4n) is 0.928. The fraction of sp³-hybridized carbons (Fsp3) is 1.00. The van der Waals surface area contributed by atoms with Crippen LogP contribution in [0.5, 0.6) is 0 Å². The zero-order valence-electron chi connectivity index (χ0n) is 7.98. The average molecular weight is 227 g/mol. The highest BCUT2D eigenvalue weighted by Gasteiger charge is 2.17. The van der Waals surface area contributed by atoms with Crippen molar-refractivity contribution >= 4 is 19.9 Å². The molecule has 0 fully saturated rings.